The molecule has 0 unspecified atom stereocenters. The number of nitrogens with one attached hydrogen (secondary N) is 1. The molecule has 3 N–H and O–H groups in total. The average Bonchev–Trinajstić information content (AvgIpc) is 3.37. The van der Waals surface area contributed by atoms with Crippen molar-refractivity contribution in [2.24, 2.45) is 0 Å². The van der Waals surface area contributed by atoms with E-state index in [0.29, 0.717) is 4.88 Å². The summed E-state index contributed by atoms with van der Waals surface area (Å²) in [5.41, 5.74) is 8.52. The van der Waals surface area contributed by atoms with E-state index in [1.165, 1.54) is 11.3 Å². The molecular formula is C17H15N7OS. The van der Waals surface area contributed by atoms with Gasteiger partial charge in [-0.25, -0.2) is 4.98 Å². The zero-order valence-electron chi connectivity index (χ0n) is 13.8. The molecule has 0 saturated heterocycles. The second-order valence-corrected chi connectivity index (χ2v) is 6.50. The summed E-state index contributed by atoms with van der Waals surface area (Å²) in [5.74, 6) is 0.0202. The Kier molecular flexibility index (Phi) is 3.98. The van der Waals surface area contributed by atoms with Gasteiger partial charge in [0.05, 0.1) is 11.2 Å². The summed E-state index contributed by atoms with van der Waals surface area (Å²) in [6.07, 6.45) is 5.31. The fourth-order valence-corrected chi connectivity index (χ4v) is 3.32. The maximum Gasteiger partial charge on any atom is 0.291 e. The fourth-order valence-electron chi connectivity index (χ4n) is 2.47. The number of nitrogen functional groups attached to an aromatic ring is 1. The smallest absolute Gasteiger partial charge is 0.291 e. The van der Waals surface area contributed by atoms with Crippen LogP contribution < -0.4 is 11.1 Å². The Morgan fingerprint density at radius 2 is 2.04 bits per heavy atom. The molecule has 0 bridgehead atoms. The van der Waals surface area contributed by atoms with Crippen LogP contribution >= 0.6 is 11.3 Å². The van der Waals surface area contributed by atoms with E-state index < -0.39 is 0 Å². The van der Waals surface area contributed by atoms with Crippen molar-refractivity contribution in [3.63, 3.8) is 0 Å². The minimum Gasteiger partial charge on any atom is -0.368 e. The summed E-state index contributed by atoms with van der Waals surface area (Å²) in [6.45, 7) is 1.87. The highest BCUT2D eigenvalue weighted by molar-refractivity contribution is 7.12. The zero-order valence-corrected chi connectivity index (χ0v) is 14.6. The van der Waals surface area contributed by atoms with Gasteiger partial charge in [0.15, 0.2) is 0 Å². The van der Waals surface area contributed by atoms with E-state index in [4.69, 9.17) is 5.73 Å². The van der Waals surface area contributed by atoms with Crippen molar-refractivity contribution in [3.8, 4) is 5.69 Å². The molecule has 0 saturated carbocycles. The molecule has 0 amide bonds. The number of thiophene rings is 1. The topological polar surface area (TPSA) is 104 Å². The van der Waals surface area contributed by atoms with Crippen molar-refractivity contribution in [2.75, 3.05) is 11.1 Å². The normalized spacial score (nSPS) is 10.8. The van der Waals surface area contributed by atoms with Crippen LogP contribution in [0.3, 0.4) is 0 Å². The number of imidazole rings is 1. The van der Waals surface area contributed by atoms with E-state index in [-0.39, 0.29) is 17.8 Å². The van der Waals surface area contributed by atoms with E-state index in [0.717, 1.165) is 21.6 Å². The van der Waals surface area contributed by atoms with Gasteiger partial charge in [-0.15, -0.1) is 16.4 Å². The predicted octanol–water partition coefficient (Wildman–Crippen LogP) is 2.85. The highest BCUT2D eigenvalue weighted by Crippen LogP contribution is 2.20. The second kappa shape index (κ2) is 6.45. The third-order valence-electron chi connectivity index (χ3n) is 3.81. The summed E-state index contributed by atoms with van der Waals surface area (Å²) in [7, 11) is 0. The average molecular weight is 365 g/mol. The van der Waals surface area contributed by atoms with E-state index in [1.54, 1.807) is 12.5 Å². The number of hydrogen-bond acceptors (Lipinski definition) is 7. The first-order valence-corrected chi connectivity index (χ1v) is 8.66. The lowest BCUT2D eigenvalue weighted by Gasteiger charge is -2.05. The minimum atomic E-state index is -0.286. The molecular weight excluding hydrogens is 350 g/mol. The second-order valence-electron chi connectivity index (χ2n) is 5.59. The molecule has 4 aromatic rings. The van der Waals surface area contributed by atoms with Crippen LogP contribution in [0.1, 0.15) is 15.2 Å². The summed E-state index contributed by atoms with van der Waals surface area (Å²) >= 11 is 1.35. The Bertz CT molecular complexity index is 1050. The molecule has 1 aromatic carbocycles. The number of carbonyl (C=O) groups is 1. The molecule has 0 radical (unpaired) electrons. The number of nitrogens with zero attached hydrogens (tertiary/aromatic N) is 5. The van der Waals surface area contributed by atoms with Crippen LogP contribution in [0.25, 0.3) is 5.69 Å². The number of anilines is 3. The van der Waals surface area contributed by atoms with Gasteiger partial charge in [-0.05, 0) is 48.2 Å². The molecule has 0 aliphatic carbocycles. The van der Waals surface area contributed by atoms with Crippen LogP contribution in [-0.4, -0.2) is 30.2 Å². The Morgan fingerprint density at radius 1 is 1.23 bits per heavy atom. The van der Waals surface area contributed by atoms with Gasteiger partial charge in [0.2, 0.25) is 11.9 Å². The summed E-state index contributed by atoms with van der Waals surface area (Å²) in [4.78, 5) is 21.3. The van der Waals surface area contributed by atoms with Gasteiger partial charge < -0.3 is 15.6 Å². The Hall–Kier alpha value is -3.46. The van der Waals surface area contributed by atoms with Gasteiger partial charge in [-0.3, -0.25) is 4.79 Å². The lowest BCUT2D eigenvalue weighted by Crippen LogP contribution is -2.16. The first kappa shape index (κ1) is 16.0. The predicted molar refractivity (Wildman–Crippen MR) is 100 cm³/mol. The van der Waals surface area contributed by atoms with Crippen LogP contribution in [-0.2, 0) is 0 Å². The highest BCUT2D eigenvalue weighted by Gasteiger charge is 2.18. The molecule has 9 heteroatoms. The van der Waals surface area contributed by atoms with Crippen molar-refractivity contribution in [1.82, 2.24) is 24.3 Å². The maximum absolute atomic E-state index is 12.5. The maximum atomic E-state index is 12.5. The number of hydrogen-bond donors (Lipinski definition) is 2. The van der Waals surface area contributed by atoms with Gasteiger partial charge in [-0.2, -0.15) is 9.67 Å². The number of rotatable bonds is 4. The summed E-state index contributed by atoms with van der Waals surface area (Å²) < 4.78 is 3.01. The Balaban J connectivity index is 1.54. The van der Waals surface area contributed by atoms with Gasteiger partial charge in [0.25, 0.3) is 5.91 Å². The number of aromatic nitrogens is 5. The van der Waals surface area contributed by atoms with Crippen LogP contribution in [0.2, 0.25) is 0 Å². The number of aryl methyl sites for hydroxylation is 1. The van der Waals surface area contributed by atoms with E-state index in [2.05, 4.69) is 20.4 Å². The summed E-state index contributed by atoms with van der Waals surface area (Å²) in [6, 6.07) is 9.52. The lowest BCUT2D eigenvalue weighted by molar-refractivity contribution is 0.0951. The Labute approximate surface area is 152 Å². The molecule has 0 aliphatic heterocycles. The molecule has 3 heterocycles. The van der Waals surface area contributed by atoms with Crippen molar-refractivity contribution in [1.29, 1.82) is 0 Å². The third-order valence-corrected chi connectivity index (χ3v) is 4.81. The lowest BCUT2D eigenvalue weighted by atomic mass is 10.3. The van der Waals surface area contributed by atoms with E-state index in [9.17, 15) is 4.79 Å². The molecule has 0 fully saturated rings. The van der Waals surface area contributed by atoms with Gasteiger partial charge >= 0.3 is 0 Å². The van der Waals surface area contributed by atoms with Crippen molar-refractivity contribution >= 4 is 34.8 Å². The van der Waals surface area contributed by atoms with Gasteiger partial charge in [0.1, 0.15) is 0 Å². The quantitative estimate of drug-likeness (QED) is 0.576. The number of carbonyl (C=O) groups excluding carboxylic acids is 1. The van der Waals surface area contributed by atoms with Crippen LogP contribution in [0.15, 0.2) is 54.4 Å². The van der Waals surface area contributed by atoms with Crippen molar-refractivity contribution in [3.05, 3.63) is 64.9 Å². The van der Waals surface area contributed by atoms with Crippen LogP contribution in [0.5, 0.6) is 0 Å². The molecule has 0 atom stereocenters. The Morgan fingerprint density at radius 3 is 2.69 bits per heavy atom. The number of nitrogens with two attached hydrogens (primary N) is 1. The van der Waals surface area contributed by atoms with Crippen LogP contribution in [0, 0.1) is 6.92 Å². The van der Waals surface area contributed by atoms with E-state index >= 15 is 0 Å². The van der Waals surface area contributed by atoms with Crippen molar-refractivity contribution in [2.45, 2.75) is 6.92 Å². The molecule has 4 rings (SSSR count). The first-order valence-electron chi connectivity index (χ1n) is 7.78. The molecule has 8 nitrogen and oxygen atoms in total. The van der Waals surface area contributed by atoms with E-state index in [1.807, 2.05) is 53.4 Å². The SMILES string of the molecule is Cc1ccsc1C(=O)n1nc(Nc2ccc(-n3ccnc3)cc2)nc1N. The molecule has 3 aromatic heterocycles. The van der Waals surface area contributed by atoms with Gasteiger partial charge in [0, 0.05) is 23.8 Å². The van der Waals surface area contributed by atoms with Crippen molar-refractivity contribution < 1.29 is 4.79 Å². The highest BCUT2D eigenvalue weighted by atomic mass is 32.1. The molecule has 0 aliphatic rings. The zero-order chi connectivity index (χ0) is 18.1. The third kappa shape index (κ3) is 2.95. The monoisotopic (exact) mass is 365 g/mol. The van der Waals surface area contributed by atoms with Gasteiger partial charge in [-0.1, -0.05) is 0 Å². The standard InChI is InChI=1S/C17H15N7OS/c1-11-6-9-26-14(11)15(25)24-16(18)21-17(22-24)20-12-2-4-13(5-3-12)23-8-7-19-10-23/h2-10H,1H3,(H3,18,20,21,22). The van der Waals surface area contributed by atoms with Crippen LogP contribution in [0.4, 0.5) is 17.6 Å². The molecule has 26 heavy (non-hydrogen) atoms. The largest absolute Gasteiger partial charge is 0.368 e. The molecule has 130 valence electrons. The summed E-state index contributed by atoms with van der Waals surface area (Å²) in [5, 5.41) is 9.10. The molecule has 0 spiro atoms. The minimum absolute atomic E-state index is 0.0420. The first-order chi connectivity index (χ1) is 12.6. The fraction of sp³-hybridized carbons (Fsp3) is 0.0588. The number of benzene rings is 1.